The van der Waals surface area contributed by atoms with E-state index in [4.69, 9.17) is 4.74 Å². The lowest BCUT2D eigenvalue weighted by atomic mass is 10.1. The average molecular weight is 321 g/mol. The van der Waals surface area contributed by atoms with E-state index in [0.717, 1.165) is 11.3 Å². The van der Waals surface area contributed by atoms with Gasteiger partial charge >= 0.3 is 0 Å². The normalized spacial score (nSPS) is 12.7. The predicted molar refractivity (Wildman–Crippen MR) is 86.9 cm³/mol. The quantitative estimate of drug-likeness (QED) is 0.823. The van der Waals surface area contributed by atoms with Crippen LogP contribution < -0.4 is 10.1 Å². The number of benzene rings is 1. The number of aliphatic hydroxyl groups is 1. The Morgan fingerprint density at radius 2 is 2.13 bits per heavy atom. The fourth-order valence-corrected chi connectivity index (χ4v) is 2.62. The van der Waals surface area contributed by atoms with E-state index in [1.165, 1.54) is 12.1 Å². The number of ether oxygens (including phenoxy) is 1. The molecule has 1 heterocycles. The van der Waals surface area contributed by atoms with Crippen molar-refractivity contribution in [2.24, 2.45) is 7.05 Å². The van der Waals surface area contributed by atoms with E-state index in [1.807, 2.05) is 7.05 Å². The predicted octanol–water partition coefficient (Wildman–Crippen LogP) is 2.51. The molecule has 0 radical (unpaired) electrons. The summed E-state index contributed by atoms with van der Waals surface area (Å²) in [5.74, 6) is 0.633. The molecule has 0 aliphatic rings. The van der Waals surface area contributed by atoms with E-state index in [9.17, 15) is 9.50 Å². The molecule has 126 valence electrons. The maximum Gasteiger partial charge on any atom is 0.216 e. The molecule has 6 heteroatoms. The van der Waals surface area contributed by atoms with Crippen LogP contribution in [0.25, 0.3) is 0 Å². The van der Waals surface area contributed by atoms with Crippen LogP contribution in [0.3, 0.4) is 0 Å². The van der Waals surface area contributed by atoms with Gasteiger partial charge < -0.3 is 15.2 Å². The molecule has 1 aromatic carbocycles. The lowest BCUT2D eigenvalue weighted by molar-refractivity contribution is 0.173. The summed E-state index contributed by atoms with van der Waals surface area (Å²) in [6.45, 7) is 5.00. The van der Waals surface area contributed by atoms with Gasteiger partial charge in [0.1, 0.15) is 5.82 Å². The van der Waals surface area contributed by atoms with Crippen molar-refractivity contribution in [1.29, 1.82) is 0 Å². The van der Waals surface area contributed by atoms with E-state index < -0.39 is 6.10 Å². The van der Waals surface area contributed by atoms with Crippen molar-refractivity contribution in [2.45, 2.75) is 32.4 Å². The molecular formula is C17H24FN3O2. The Balaban J connectivity index is 2.03. The van der Waals surface area contributed by atoms with E-state index >= 15 is 0 Å². The second-order valence-corrected chi connectivity index (χ2v) is 5.85. The van der Waals surface area contributed by atoms with Gasteiger partial charge in [0.05, 0.1) is 24.5 Å². The largest absolute Gasteiger partial charge is 0.481 e. The first-order valence-corrected chi connectivity index (χ1v) is 7.68. The number of nitrogens with zero attached hydrogens (tertiary/aromatic N) is 2. The molecule has 5 nitrogen and oxygen atoms in total. The number of aliphatic hydroxyl groups excluding tert-OH is 1. The van der Waals surface area contributed by atoms with Crippen LogP contribution in [0.4, 0.5) is 4.39 Å². The second kappa shape index (κ2) is 7.57. The Labute approximate surface area is 136 Å². The SMILES string of the molecule is COc1c(CNC[C@H](O)c2cccc(F)c2)c(C(C)C)nn1C. The standard InChI is InChI=1S/C17H24FN3O2/c1-11(2)16-14(17(23-4)21(3)20-16)9-19-10-15(22)12-6-5-7-13(18)8-12/h5-8,11,15,19,22H,9-10H2,1-4H3/t15-/m0/s1. The minimum Gasteiger partial charge on any atom is -0.481 e. The second-order valence-electron chi connectivity index (χ2n) is 5.85. The Morgan fingerprint density at radius 3 is 2.74 bits per heavy atom. The van der Waals surface area contributed by atoms with Crippen LogP contribution in [0.5, 0.6) is 5.88 Å². The summed E-state index contributed by atoms with van der Waals surface area (Å²) in [5, 5.41) is 17.8. The number of methoxy groups -OCH3 is 1. The highest BCUT2D eigenvalue weighted by Crippen LogP contribution is 2.27. The van der Waals surface area contributed by atoms with Gasteiger partial charge in [0.2, 0.25) is 5.88 Å². The zero-order chi connectivity index (χ0) is 17.0. The molecule has 0 bridgehead atoms. The summed E-state index contributed by atoms with van der Waals surface area (Å²) in [5.41, 5.74) is 2.51. The van der Waals surface area contributed by atoms with Crippen LogP contribution in [0.1, 0.15) is 42.7 Å². The van der Waals surface area contributed by atoms with Crippen molar-refractivity contribution < 1.29 is 14.2 Å². The molecule has 0 amide bonds. The van der Waals surface area contributed by atoms with E-state index in [-0.39, 0.29) is 11.7 Å². The highest BCUT2D eigenvalue weighted by molar-refractivity contribution is 5.33. The molecule has 2 aromatic rings. The third-order valence-corrected chi connectivity index (χ3v) is 3.73. The monoisotopic (exact) mass is 321 g/mol. The van der Waals surface area contributed by atoms with Gasteiger partial charge in [-0.15, -0.1) is 0 Å². The first-order valence-electron chi connectivity index (χ1n) is 7.68. The van der Waals surface area contributed by atoms with Crippen molar-refractivity contribution >= 4 is 0 Å². The smallest absolute Gasteiger partial charge is 0.216 e. The first-order chi connectivity index (χ1) is 10.9. The summed E-state index contributed by atoms with van der Waals surface area (Å²) in [6.07, 6.45) is -0.768. The first kappa shape index (κ1) is 17.4. The number of nitrogens with one attached hydrogen (secondary N) is 1. The van der Waals surface area contributed by atoms with Crippen LogP contribution in [-0.2, 0) is 13.6 Å². The molecule has 0 aliphatic carbocycles. The zero-order valence-electron chi connectivity index (χ0n) is 14.0. The van der Waals surface area contributed by atoms with Crippen LogP contribution in [0.15, 0.2) is 24.3 Å². The molecule has 2 rings (SSSR count). The van der Waals surface area contributed by atoms with E-state index in [2.05, 4.69) is 24.3 Å². The lowest BCUT2D eigenvalue weighted by Crippen LogP contribution is -2.22. The molecule has 2 N–H and O–H groups in total. The summed E-state index contributed by atoms with van der Waals surface area (Å²) in [7, 11) is 3.46. The number of aromatic nitrogens is 2. The summed E-state index contributed by atoms with van der Waals surface area (Å²) >= 11 is 0. The number of rotatable bonds is 7. The van der Waals surface area contributed by atoms with Crippen LogP contribution in [0.2, 0.25) is 0 Å². The van der Waals surface area contributed by atoms with Gasteiger partial charge in [-0.2, -0.15) is 5.10 Å². The molecule has 0 aliphatic heterocycles. The van der Waals surface area contributed by atoms with Crippen LogP contribution >= 0.6 is 0 Å². The number of aryl methyl sites for hydroxylation is 1. The molecule has 0 saturated heterocycles. The van der Waals surface area contributed by atoms with Gasteiger partial charge in [-0.1, -0.05) is 26.0 Å². The summed E-state index contributed by atoms with van der Waals surface area (Å²) in [4.78, 5) is 0. The molecule has 1 aromatic heterocycles. The maximum atomic E-state index is 13.2. The van der Waals surface area contributed by atoms with Crippen molar-refractivity contribution in [2.75, 3.05) is 13.7 Å². The van der Waals surface area contributed by atoms with Crippen molar-refractivity contribution in [3.05, 3.63) is 46.9 Å². The summed E-state index contributed by atoms with van der Waals surface area (Å²) in [6, 6.07) is 6.00. The number of hydrogen-bond acceptors (Lipinski definition) is 4. The lowest BCUT2D eigenvalue weighted by Gasteiger charge is -2.13. The van der Waals surface area contributed by atoms with Crippen LogP contribution in [-0.4, -0.2) is 28.5 Å². The fraction of sp³-hybridized carbons (Fsp3) is 0.471. The molecular weight excluding hydrogens is 297 g/mol. The fourth-order valence-electron chi connectivity index (χ4n) is 2.62. The maximum absolute atomic E-state index is 13.2. The molecule has 0 unspecified atom stereocenters. The van der Waals surface area contributed by atoms with Crippen molar-refractivity contribution in [1.82, 2.24) is 15.1 Å². The van der Waals surface area contributed by atoms with Crippen LogP contribution in [0, 0.1) is 5.82 Å². The Bertz CT molecular complexity index is 655. The third kappa shape index (κ3) is 4.09. The molecule has 23 heavy (non-hydrogen) atoms. The molecule has 0 saturated carbocycles. The Kier molecular flexibility index (Phi) is 5.74. The number of hydrogen-bond donors (Lipinski definition) is 2. The highest BCUT2D eigenvalue weighted by Gasteiger charge is 2.19. The third-order valence-electron chi connectivity index (χ3n) is 3.73. The van der Waals surface area contributed by atoms with Gasteiger partial charge in [-0.3, -0.25) is 0 Å². The van der Waals surface area contributed by atoms with Gasteiger partial charge in [-0.05, 0) is 23.6 Å². The van der Waals surface area contributed by atoms with Crippen molar-refractivity contribution in [3.8, 4) is 5.88 Å². The average Bonchev–Trinajstić information content (AvgIpc) is 2.83. The van der Waals surface area contributed by atoms with Gasteiger partial charge in [0.15, 0.2) is 0 Å². The highest BCUT2D eigenvalue weighted by atomic mass is 19.1. The van der Waals surface area contributed by atoms with Gasteiger partial charge in [0.25, 0.3) is 0 Å². The molecule has 0 spiro atoms. The Morgan fingerprint density at radius 1 is 1.39 bits per heavy atom. The Hall–Kier alpha value is -1.92. The van der Waals surface area contributed by atoms with Crippen molar-refractivity contribution in [3.63, 3.8) is 0 Å². The number of halogens is 1. The molecule has 1 atom stereocenters. The summed E-state index contributed by atoms with van der Waals surface area (Å²) < 4.78 is 20.3. The molecule has 0 fully saturated rings. The van der Waals surface area contributed by atoms with Gasteiger partial charge in [0, 0.05) is 20.1 Å². The minimum atomic E-state index is -0.768. The van der Waals surface area contributed by atoms with Gasteiger partial charge in [-0.25, -0.2) is 9.07 Å². The minimum absolute atomic E-state index is 0.273. The zero-order valence-corrected chi connectivity index (χ0v) is 14.0. The topological polar surface area (TPSA) is 59.3 Å². The van der Waals surface area contributed by atoms with E-state index in [1.54, 1.807) is 23.9 Å². The van der Waals surface area contributed by atoms with E-state index in [0.29, 0.717) is 24.5 Å².